The number of anilines is 1. The molecule has 1 saturated heterocycles. The Balaban J connectivity index is 1.43. The van der Waals surface area contributed by atoms with Gasteiger partial charge in [0.1, 0.15) is 0 Å². The summed E-state index contributed by atoms with van der Waals surface area (Å²) < 4.78 is 19.3. The predicted octanol–water partition coefficient (Wildman–Crippen LogP) is 2.66. The summed E-state index contributed by atoms with van der Waals surface area (Å²) in [6.07, 6.45) is 5.64. The highest BCUT2D eigenvalue weighted by Gasteiger charge is 2.25. The second kappa shape index (κ2) is 9.69. The number of ether oxygens (including phenoxy) is 1. The van der Waals surface area contributed by atoms with E-state index in [0.29, 0.717) is 38.9 Å². The molecule has 2 aliphatic rings. The van der Waals surface area contributed by atoms with E-state index < -0.39 is 5.82 Å². The number of aromatic nitrogens is 1. The Morgan fingerprint density at radius 1 is 1.34 bits per heavy atom. The molecule has 0 spiro atoms. The number of hydrogen-bond donors (Lipinski definition) is 1. The molecule has 2 aliphatic heterocycles. The molecule has 0 radical (unpaired) electrons. The predicted molar refractivity (Wildman–Crippen MR) is 105 cm³/mol. The van der Waals surface area contributed by atoms with Crippen molar-refractivity contribution in [2.45, 2.75) is 45.3 Å². The summed E-state index contributed by atoms with van der Waals surface area (Å²) >= 11 is 0. The van der Waals surface area contributed by atoms with Crippen LogP contribution in [-0.2, 0) is 9.57 Å². The van der Waals surface area contributed by atoms with Crippen LogP contribution in [-0.4, -0.2) is 60.7 Å². The summed E-state index contributed by atoms with van der Waals surface area (Å²) in [4.78, 5) is 36.0. The topological polar surface area (TPSA) is 84.0 Å². The lowest BCUT2D eigenvalue weighted by Crippen LogP contribution is -2.43. The Labute approximate surface area is 169 Å². The van der Waals surface area contributed by atoms with Gasteiger partial charge in [-0.3, -0.25) is 15.1 Å². The molecular formula is C20H27FN4O4. The van der Waals surface area contributed by atoms with Crippen molar-refractivity contribution in [2.24, 2.45) is 0 Å². The molecule has 3 rings (SSSR count). The van der Waals surface area contributed by atoms with E-state index in [2.05, 4.69) is 10.5 Å². The van der Waals surface area contributed by atoms with Crippen molar-refractivity contribution in [3.05, 3.63) is 35.4 Å². The van der Waals surface area contributed by atoms with Crippen LogP contribution in [0.5, 0.6) is 0 Å². The number of halogens is 1. The van der Waals surface area contributed by atoms with Crippen molar-refractivity contribution in [3.63, 3.8) is 0 Å². The molecule has 158 valence electrons. The van der Waals surface area contributed by atoms with Crippen LogP contribution in [0.3, 0.4) is 0 Å². The molecule has 3 heterocycles. The fraction of sp³-hybridized carbons (Fsp3) is 0.550. The van der Waals surface area contributed by atoms with Crippen LogP contribution in [0.4, 0.5) is 15.0 Å². The molecule has 29 heavy (non-hydrogen) atoms. The molecule has 0 atom stereocenters. The molecule has 1 aromatic heterocycles. The highest BCUT2D eigenvalue weighted by molar-refractivity contribution is 5.74. The maximum atomic E-state index is 14.1. The van der Waals surface area contributed by atoms with E-state index in [1.807, 2.05) is 24.8 Å². The van der Waals surface area contributed by atoms with Gasteiger partial charge in [-0.15, -0.1) is 0 Å². The molecule has 1 amide bonds. The van der Waals surface area contributed by atoms with Gasteiger partial charge in [0, 0.05) is 50.1 Å². The number of nitrogens with one attached hydrogen (secondary N) is 1. The van der Waals surface area contributed by atoms with Crippen LogP contribution in [0.2, 0.25) is 0 Å². The van der Waals surface area contributed by atoms with E-state index in [-0.39, 0.29) is 29.7 Å². The highest BCUT2D eigenvalue weighted by atomic mass is 19.1. The standard InChI is InChI=1S/C20H27FN4O4/c1-14(2)28-20(27)25-9-5-17(6-10-25)29-23-16-3-7-24(8-4-16)19-18(21)11-15(13-26)12-22-19/h3,11-14,17,23H,4-10H2,1-2H3. The van der Waals surface area contributed by atoms with Crippen molar-refractivity contribution in [2.75, 3.05) is 31.1 Å². The van der Waals surface area contributed by atoms with Gasteiger partial charge in [0.2, 0.25) is 0 Å². The van der Waals surface area contributed by atoms with E-state index in [0.717, 1.165) is 18.5 Å². The number of amides is 1. The number of hydrogen-bond acceptors (Lipinski definition) is 7. The Morgan fingerprint density at radius 2 is 2.10 bits per heavy atom. The zero-order valence-electron chi connectivity index (χ0n) is 16.8. The number of carbonyl (C=O) groups excluding carboxylic acids is 2. The van der Waals surface area contributed by atoms with Gasteiger partial charge in [0.05, 0.1) is 12.2 Å². The maximum Gasteiger partial charge on any atom is 0.410 e. The molecule has 1 aromatic rings. The normalized spacial score (nSPS) is 17.9. The van der Waals surface area contributed by atoms with Gasteiger partial charge < -0.3 is 14.5 Å². The lowest BCUT2D eigenvalue weighted by atomic mass is 10.1. The Morgan fingerprint density at radius 3 is 2.69 bits per heavy atom. The Hall–Kier alpha value is -2.68. The summed E-state index contributed by atoms with van der Waals surface area (Å²) in [5, 5.41) is 0. The summed E-state index contributed by atoms with van der Waals surface area (Å²) in [5.74, 6) is -0.258. The van der Waals surface area contributed by atoms with E-state index in [1.54, 1.807) is 4.90 Å². The smallest absolute Gasteiger partial charge is 0.410 e. The van der Waals surface area contributed by atoms with Crippen molar-refractivity contribution in [3.8, 4) is 0 Å². The Kier molecular flexibility index (Phi) is 7.03. The summed E-state index contributed by atoms with van der Waals surface area (Å²) in [5.41, 5.74) is 4.17. The maximum absolute atomic E-state index is 14.1. The number of carbonyl (C=O) groups is 2. The number of hydroxylamine groups is 1. The Bertz CT molecular complexity index is 763. The third-order valence-electron chi connectivity index (χ3n) is 4.88. The van der Waals surface area contributed by atoms with Crippen LogP contribution in [0.1, 0.15) is 43.5 Å². The average Bonchev–Trinajstić information content (AvgIpc) is 2.72. The van der Waals surface area contributed by atoms with Gasteiger partial charge >= 0.3 is 6.09 Å². The zero-order valence-corrected chi connectivity index (χ0v) is 16.8. The van der Waals surface area contributed by atoms with Crippen molar-refractivity contribution >= 4 is 18.2 Å². The van der Waals surface area contributed by atoms with Crippen LogP contribution < -0.4 is 10.4 Å². The highest BCUT2D eigenvalue weighted by Crippen LogP contribution is 2.21. The van der Waals surface area contributed by atoms with Gasteiger partial charge in [-0.1, -0.05) is 0 Å². The lowest BCUT2D eigenvalue weighted by molar-refractivity contribution is -0.0416. The first kappa shape index (κ1) is 21.0. The first-order valence-corrected chi connectivity index (χ1v) is 9.88. The molecule has 0 aliphatic carbocycles. The zero-order chi connectivity index (χ0) is 20.8. The summed E-state index contributed by atoms with van der Waals surface area (Å²) in [6.45, 7) is 5.96. The molecule has 0 saturated carbocycles. The molecule has 0 aromatic carbocycles. The van der Waals surface area contributed by atoms with E-state index in [9.17, 15) is 14.0 Å². The van der Waals surface area contributed by atoms with Crippen LogP contribution in [0.15, 0.2) is 24.0 Å². The van der Waals surface area contributed by atoms with Gasteiger partial charge in [0.15, 0.2) is 17.9 Å². The minimum atomic E-state index is -0.501. The van der Waals surface area contributed by atoms with Crippen LogP contribution in [0, 0.1) is 5.82 Å². The van der Waals surface area contributed by atoms with E-state index in [1.165, 1.54) is 12.3 Å². The summed E-state index contributed by atoms with van der Waals surface area (Å²) in [6, 6.07) is 1.19. The molecule has 9 heteroatoms. The second-order valence-corrected chi connectivity index (χ2v) is 7.46. The molecular weight excluding hydrogens is 379 g/mol. The van der Waals surface area contributed by atoms with Gasteiger partial charge in [0.25, 0.3) is 0 Å². The number of aldehydes is 1. The number of pyridine rings is 1. The fourth-order valence-electron chi connectivity index (χ4n) is 3.29. The van der Waals surface area contributed by atoms with Crippen molar-refractivity contribution in [1.29, 1.82) is 0 Å². The average molecular weight is 406 g/mol. The van der Waals surface area contributed by atoms with Gasteiger partial charge in [-0.2, -0.15) is 0 Å². The first-order chi connectivity index (χ1) is 14.0. The van der Waals surface area contributed by atoms with E-state index >= 15 is 0 Å². The largest absolute Gasteiger partial charge is 0.447 e. The van der Waals surface area contributed by atoms with Gasteiger partial charge in [-0.25, -0.2) is 14.2 Å². The molecule has 1 fully saturated rings. The molecule has 1 N–H and O–H groups in total. The minimum absolute atomic E-state index is 0.0204. The quantitative estimate of drug-likeness (QED) is 0.574. The third kappa shape index (κ3) is 5.66. The second-order valence-electron chi connectivity index (χ2n) is 7.46. The third-order valence-corrected chi connectivity index (χ3v) is 4.88. The lowest BCUT2D eigenvalue weighted by Gasteiger charge is -2.32. The van der Waals surface area contributed by atoms with E-state index in [4.69, 9.17) is 9.57 Å². The van der Waals surface area contributed by atoms with Crippen molar-refractivity contribution in [1.82, 2.24) is 15.4 Å². The van der Waals surface area contributed by atoms with Gasteiger partial charge in [-0.05, 0) is 38.8 Å². The SMILES string of the molecule is CC(C)OC(=O)N1CCC(ONC2=CCN(c3ncc(C=O)cc3F)CC2)CC1. The molecule has 8 nitrogen and oxygen atoms in total. The monoisotopic (exact) mass is 406 g/mol. The minimum Gasteiger partial charge on any atom is -0.447 e. The molecule has 0 bridgehead atoms. The summed E-state index contributed by atoms with van der Waals surface area (Å²) in [7, 11) is 0. The van der Waals surface area contributed by atoms with Crippen LogP contribution in [0.25, 0.3) is 0 Å². The number of piperidine rings is 1. The number of likely N-dealkylation sites (tertiary alicyclic amines) is 1. The number of nitrogens with zero attached hydrogens (tertiary/aromatic N) is 3. The van der Waals surface area contributed by atoms with Crippen molar-refractivity contribution < 1.29 is 23.6 Å². The fourth-order valence-corrected chi connectivity index (χ4v) is 3.29. The number of rotatable bonds is 6. The first-order valence-electron chi connectivity index (χ1n) is 9.88. The molecule has 0 unspecified atom stereocenters. The van der Waals surface area contributed by atoms with Crippen LogP contribution >= 0.6 is 0 Å².